The van der Waals surface area contributed by atoms with Crippen LogP contribution in [0.25, 0.3) is 5.57 Å². The minimum absolute atomic E-state index is 0.204. The Balaban J connectivity index is 1.79. The lowest BCUT2D eigenvalue weighted by Gasteiger charge is -2.11. The van der Waals surface area contributed by atoms with Crippen LogP contribution in [0.15, 0.2) is 61.3 Å². The highest BCUT2D eigenvalue weighted by Gasteiger charge is 2.41. The highest BCUT2D eigenvalue weighted by atomic mass is 79.9. The molecule has 1 N–H and O–H groups in total. The van der Waals surface area contributed by atoms with E-state index in [1.807, 2.05) is 12.1 Å². The highest BCUT2D eigenvalue weighted by molar-refractivity contribution is 9.10. The Morgan fingerprint density at radius 1 is 1.07 bits per heavy atom. The lowest BCUT2D eigenvalue weighted by atomic mass is 10.1. The second-order valence-electron chi connectivity index (χ2n) is 5.97. The van der Waals surface area contributed by atoms with Crippen molar-refractivity contribution in [3.8, 4) is 0 Å². The maximum atomic E-state index is 12.9. The Hall–Kier alpha value is -2.23. The molecule has 3 amide bonds. The molecular formula is C19H11Br2N3O3S. The lowest BCUT2D eigenvalue weighted by Crippen LogP contribution is -2.31. The van der Waals surface area contributed by atoms with Gasteiger partial charge in [0.1, 0.15) is 0 Å². The zero-order chi connectivity index (χ0) is 20.0. The number of fused-ring (bicyclic) bond motifs is 1. The molecule has 0 spiro atoms. The van der Waals surface area contributed by atoms with Crippen LogP contribution < -0.4 is 10.2 Å². The number of aliphatic imine (C=N–C) groups is 1. The molecular weight excluding hydrogens is 510 g/mol. The summed E-state index contributed by atoms with van der Waals surface area (Å²) in [7, 11) is 0. The number of imide groups is 1. The van der Waals surface area contributed by atoms with E-state index in [1.165, 1.54) is 6.92 Å². The third-order valence-electron chi connectivity index (χ3n) is 4.11. The summed E-state index contributed by atoms with van der Waals surface area (Å²) in [6.45, 7) is 1.32. The van der Waals surface area contributed by atoms with Crippen molar-refractivity contribution in [2.45, 2.75) is 6.92 Å². The van der Waals surface area contributed by atoms with Gasteiger partial charge >= 0.3 is 0 Å². The molecule has 140 valence electrons. The first-order valence-electron chi connectivity index (χ1n) is 8.08. The van der Waals surface area contributed by atoms with E-state index in [-0.39, 0.29) is 10.5 Å². The van der Waals surface area contributed by atoms with Crippen molar-refractivity contribution in [3.05, 3.63) is 61.9 Å². The third-order valence-corrected chi connectivity index (χ3v) is 6.11. The summed E-state index contributed by atoms with van der Waals surface area (Å²) in [5.41, 5.74) is 1.88. The predicted molar refractivity (Wildman–Crippen MR) is 116 cm³/mol. The van der Waals surface area contributed by atoms with Crippen molar-refractivity contribution < 1.29 is 14.4 Å². The normalized spacial score (nSPS) is 20.0. The summed E-state index contributed by atoms with van der Waals surface area (Å²) in [6.07, 6.45) is 0. The van der Waals surface area contributed by atoms with Crippen LogP contribution in [0.3, 0.4) is 0 Å². The van der Waals surface area contributed by atoms with Gasteiger partial charge in [0.15, 0.2) is 5.17 Å². The topological polar surface area (TPSA) is 78.8 Å². The standard InChI is InChI=1S/C19H11Br2N3O3S/c1-9(25)24-14-7-4-11(21)8-13(14)15(18(24)27)16-17(26)23-19(28-16)22-12-5-2-10(20)3-6-12/h2-8H,1H3,(H,22,23,26). The molecule has 0 radical (unpaired) electrons. The number of nitrogens with one attached hydrogen (secondary N) is 1. The molecule has 9 heteroatoms. The van der Waals surface area contributed by atoms with Gasteiger partial charge in [0.05, 0.1) is 21.9 Å². The largest absolute Gasteiger partial charge is 0.300 e. The van der Waals surface area contributed by atoms with Gasteiger partial charge in [-0.15, -0.1) is 0 Å². The van der Waals surface area contributed by atoms with Gasteiger partial charge in [0.2, 0.25) is 5.91 Å². The molecule has 0 aliphatic carbocycles. The van der Waals surface area contributed by atoms with E-state index in [2.05, 4.69) is 42.2 Å². The van der Waals surface area contributed by atoms with Crippen LogP contribution in [0.4, 0.5) is 11.4 Å². The van der Waals surface area contributed by atoms with Crippen molar-refractivity contribution in [1.29, 1.82) is 0 Å². The van der Waals surface area contributed by atoms with E-state index >= 15 is 0 Å². The Bertz CT molecular complexity index is 1110. The number of carbonyl (C=O) groups is 3. The zero-order valence-corrected chi connectivity index (χ0v) is 18.3. The first-order chi connectivity index (χ1) is 13.3. The van der Waals surface area contributed by atoms with Crippen LogP contribution in [0.5, 0.6) is 0 Å². The molecule has 0 saturated carbocycles. The number of thioether (sulfide) groups is 1. The molecule has 2 aliphatic rings. The maximum Gasteiger partial charge on any atom is 0.267 e. The fourth-order valence-electron chi connectivity index (χ4n) is 2.94. The van der Waals surface area contributed by atoms with Gasteiger partial charge in [-0.3, -0.25) is 14.4 Å². The van der Waals surface area contributed by atoms with E-state index in [0.717, 1.165) is 25.6 Å². The summed E-state index contributed by atoms with van der Waals surface area (Å²) in [5, 5.41) is 3.07. The Morgan fingerprint density at radius 3 is 2.43 bits per heavy atom. The average Bonchev–Trinajstić information content (AvgIpc) is 3.12. The number of carbonyl (C=O) groups excluding carboxylic acids is 3. The van der Waals surface area contributed by atoms with Crippen molar-refractivity contribution in [2.75, 3.05) is 4.90 Å². The highest BCUT2D eigenvalue weighted by Crippen LogP contribution is 2.44. The van der Waals surface area contributed by atoms with Gasteiger partial charge in [-0.05, 0) is 54.2 Å². The molecule has 4 rings (SSSR count). The molecule has 0 bridgehead atoms. The minimum Gasteiger partial charge on any atom is -0.300 e. The van der Waals surface area contributed by atoms with Crippen molar-refractivity contribution in [2.24, 2.45) is 4.99 Å². The SMILES string of the molecule is CC(=O)N1C(=O)C(=C2SC(=Nc3ccc(Br)cc3)NC2=O)c2cc(Br)ccc21. The van der Waals surface area contributed by atoms with Gasteiger partial charge in [-0.25, -0.2) is 9.89 Å². The first kappa shape index (κ1) is 19.1. The number of benzene rings is 2. The van der Waals surface area contributed by atoms with Crippen LogP contribution in [0.2, 0.25) is 0 Å². The van der Waals surface area contributed by atoms with Gasteiger partial charge in [0, 0.05) is 21.4 Å². The monoisotopic (exact) mass is 519 g/mol. The van der Waals surface area contributed by atoms with E-state index < -0.39 is 17.7 Å². The molecule has 0 aromatic heterocycles. The molecule has 28 heavy (non-hydrogen) atoms. The number of rotatable bonds is 1. The molecule has 1 fully saturated rings. The van der Waals surface area contributed by atoms with E-state index in [1.54, 1.807) is 30.3 Å². The zero-order valence-electron chi connectivity index (χ0n) is 14.3. The summed E-state index contributed by atoms with van der Waals surface area (Å²) in [4.78, 5) is 43.3. The molecule has 1 saturated heterocycles. The average molecular weight is 521 g/mol. The number of halogens is 2. The number of amides is 3. The number of hydrogen-bond acceptors (Lipinski definition) is 5. The van der Waals surface area contributed by atoms with Gasteiger partial charge in [-0.2, -0.15) is 0 Å². The molecule has 0 unspecified atom stereocenters. The van der Waals surface area contributed by atoms with Crippen LogP contribution >= 0.6 is 43.6 Å². The second-order valence-corrected chi connectivity index (χ2v) is 8.81. The maximum absolute atomic E-state index is 12.9. The summed E-state index contributed by atoms with van der Waals surface area (Å²) in [5.74, 6) is -1.33. The number of anilines is 1. The smallest absolute Gasteiger partial charge is 0.267 e. The van der Waals surface area contributed by atoms with Gasteiger partial charge in [0.25, 0.3) is 11.8 Å². The fourth-order valence-corrected chi connectivity index (χ4v) is 4.50. The molecule has 2 aromatic rings. The molecule has 2 aliphatic heterocycles. The quantitative estimate of drug-likeness (QED) is 0.566. The van der Waals surface area contributed by atoms with Gasteiger partial charge < -0.3 is 5.32 Å². The summed E-state index contributed by atoms with van der Waals surface area (Å²) in [6, 6.07) is 12.5. The molecule has 2 aromatic carbocycles. The Kier molecular flexibility index (Phi) is 4.98. The number of nitrogens with zero attached hydrogens (tertiary/aromatic N) is 2. The minimum atomic E-state index is -0.511. The van der Waals surface area contributed by atoms with Crippen LogP contribution in [0.1, 0.15) is 12.5 Å². The first-order valence-corrected chi connectivity index (χ1v) is 10.5. The summed E-state index contributed by atoms with van der Waals surface area (Å²) >= 11 is 7.83. The summed E-state index contributed by atoms with van der Waals surface area (Å²) < 4.78 is 1.67. The van der Waals surface area contributed by atoms with Crippen molar-refractivity contribution in [1.82, 2.24) is 5.32 Å². The van der Waals surface area contributed by atoms with Crippen LogP contribution in [0, 0.1) is 0 Å². The Morgan fingerprint density at radius 2 is 1.75 bits per heavy atom. The van der Waals surface area contributed by atoms with Crippen LogP contribution in [-0.2, 0) is 14.4 Å². The molecule has 6 nitrogen and oxygen atoms in total. The van der Waals surface area contributed by atoms with E-state index in [4.69, 9.17) is 0 Å². The van der Waals surface area contributed by atoms with Gasteiger partial charge in [-0.1, -0.05) is 31.9 Å². The number of hydrogen-bond donors (Lipinski definition) is 1. The fraction of sp³-hybridized carbons (Fsp3) is 0.0526. The third kappa shape index (κ3) is 3.34. The molecule has 2 heterocycles. The van der Waals surface area contributed by atoms with Crippen molar-refractivity contribution >= 4 is 83.5 Å². The Labute approximate surface area is 181 Å². The van der Waals surface area contributed by atoms with Crippen LogP contribution in [-0.4, -0.2) is 22.9 Å². The number of amidine groups is 1. The second kappa shape index (κ2) is 7.31. The molecule has 0 atom stereocenters. The lowest BCUT2D eigenvalue weighted by molar-refractivity contribution is -0.122. The van der Waals surface area contributed by atoms with E-state index in [0.29, 0.717) is 22.1 Å². The van der Waals surface area contributed by atoms with Crippen molar-refractivity contribution in [3.63, 3.8) is 0 Å². The van der Waals surface area contributed by atoms with E-state index in [9.17, 15) is 14.4 Å². The predicted octanol–water partition coefficient (Wildman–Crippen LogP) is 4.37.